The lowest BCUT2D eigenvalue weighted by Gasteiger charge is -2.10. The standard InChI is InChI=1S/C14H13BrF2N2/c15-10-4-5-11(16)9(8-10)6-7-19-14-12(17)2-1-3-13(14)18/h1-5,8,19H,6-7,18H2. The average Bonchev–Trinajstić information content (AvgIpc) is 2.37. The number of nitrogens with two attached hydrogens (primary N) is 1. The molecular formula is C14H13BrF2N2. The lowest BCUT2D eigenvalue weighted by molar-refractivity contribution is 0.609. The van der Waals surface area contributed by atoms with E-state index in [9.17, 15) is 8.78 Å². The molecule has 0 spiro atoms. The van der Waals surface area contributed by atoms with Crippen molar-refractivity contribution in [3.63, 3.8) is 0 Å². The summed E-state index contributed by atoms with van der Waals surface area (Å²) in [5, 5.41) is 2.89. The predicted molar refractivity (Wildman–Crippen MR) is 77.1 cm³/mol. The molecule has 0 amide bonds. The molecule has 2 aromatic rings. The van der Waals surface area contributed by atoms with Crippen molar-refractivity contribution >= 4 is 27.3 Å². The molecule has 0 unspecified atom stereocenters. The minimum atomic E-state index is -0.408. The summed E-state index contributed by atoms with van der Waals surface area (Å²) in [4.78, 5) is 0. The van der Waals surface area contributed by atoms with Gasteiger partial charge in [0.05, 0.1) is 11.4 Å². The molecule has 0 bridgehead atoms. The van der Waals surface area contributed by atoms with E-state index in [-0.39, 0.29) is 11.5 Å². The minimum Gasteiger partial charge on any atom is -0.397 e. The second-order valence-corrected chi connectivity index (χ2v) is 5.03. The summed E-state index contributed by atoms with van der Waals surface area (Å²) in [7, 11) is 0. The fraction of sp³-hybridized carbons (Fsp3) is 0.143. The number of anilines is 2. The summed E-state index contributed by atoms with van der Waals surface area (Å²) in [6.07, 6.45) is 0.443. The maximum absolute atomic E-state index is 13.5. The number of nitrogen functional groups attached to an aromatic ring is 1. The Morgan fingerprint density at radius 3 is 2.63 bits per heavy atom. The van der Waals surface area contributed by atoms with E-state index < -0.39 is 5.82 Å². The number of para-hydroxylation sites is 1. The van der Waals surface area contributed by atoms with Crippen LogP contribution in [-0.4, -0.2) is 6.54 Å². The predicted octanol–water partition coefficient (Wildman–Crippen LogP) is 3.96. The van der Waals surface area contributed by atoms with E-state index in [1.807, 2.05) is 0 Å². The van der Waals surface area contributed by atoms with E-state index in [1.54, 1.807) is 24.3 Å². The van der Waals surface area contributed by atoms with Crippen molar-refractivity contribution in [3.05, 3.63) is 58.1 Å². The summed E-state index contributed by atoms with van der Waals surface area (Å²) in [5.74, 6) is -0.679. The maximum atomic E-state index is 13.5. The van der Waals surface area contributed by atoms with Crippen LogP contribution >= 0.6 is 15.9 Å². The quantitative estimate of drug-likeness (QED) is 0.834. The van der Waals surface area contributed by atoms with Crippen LogP contribution in [0.15, 0.2) is 40.9 Å². The Morgan fingerprint density at radius 2 is 1.89 bits per heavy atom. The Hall–Kier alpha value is -1.62. The fourth-order valence-electron chi connectivity index (χ4n) is 1.78. The molecule has 2 aromatic carbocycles. The summed E-state index contributed by atoms with van der Waals surface area (Å²) >= 11 is 3.29. The first-order chi connectivity index (χ1) is 9.08. The lowest BCUT2D eigenvalue weighted by atomic mass is 10.1. The molecule has 0 aliphatic rings. The molecule has 2 nitrogen and oxygen atoms in total. The topological polar surface area (TPSA) is 38.0 Å². The van der Waals surface area contributed by atoms with Crippen molar-refractivity contribution in [1.29, 1.82) is 0 Å². The van der Waals surface area contributed by atoms with Crippen molar-refractivity contribution in [2.75, 3.05) is 17.6 Å². The highest BCUT2D eigenvalue weighted by Crippen LogP contribution is 2.22. The van der Waals surface area contributed by atoms with Crippen LogP contribution in [0.4, 0.5) is 20.2 Å². The molecule has 5 heteroatoms. The zero-order valence-corrected chi connectivity index (χ0v) is 11.7. The van der Waals surface area contributed by atoms with Crippen LogP contribution in [0.5, 0.6) is 0 Å². The summed E-state index contributed by atoms with van der Waals surface area (Å²) in [6.45, 7) is 0.401. The lowest BCUT2D eigenvalue weighted by Crippen LogP contribution is -2.09. The van der Waals surface area contributed by atoms with Gasteiger partial charge in [-0.05, 0) is 42.3 Å². The van der Waals surface area contributed by atoms with Gasteiger partial charge < -0.3 is 11.1 Å². The molecule has 0 aliphatic heterocycles. The average molecular weight is 327 g/mol. The molecule has 0 aromatic heterocycles. The molecular weight excluding hydrogens is 314 g/mol. The molecule has 19 heavy (non-hydrogen) atoms. The van der Waals surface area contributed by atoms with Gasteiger partial charge in [0.1, 0.15) is 11.6 Å². The summed E-state index contributed by atoms with van der Waals surface area (Å²) in [6, 6.07) is 9.24. The SMILES string of the molecule is Nc1cccc(F)c1NCCc1cc(Br)ccc1F. The Kier molecular flexibility index (Phi) is 4.37. The van der Waals surface area contributed by atoms with E-state index in [2.05, 4.69) is 21.2 Å². The van der Waals surface area contributed by atoms with Crippen molar-refractivity contribution in [2.24, 2.45) is 0 Å². The Morgan fingerprint density at radius 1 is 1.11 bits per heavy atom. The molecule has 100 valence electrons. The molecule has 0 saturated carbocycles. The van der Waals surface area contributed by atoms with Crippen molar-refractivity contribution < 1.29 is 8.78 Å². The molecule has 3 N–H and O–H groups in total. The van der Waals surface area contributed by atoms with Crippen LogP contribution < -0.4 is 11.1 Å². The smallest absolute Gasteiger partial charge is 0.148 e. The van der Waals surface area contributed by atoms with Crippen LogP contribution in [0.2, 0.25) is 0 Å². The van der Waals surface area contributed by atoms with Crippen LogP contribution in [0.1, 0.15) is 5.56 Å². The number of rotatable bonds is 4. The number of nitrogens with one attached hydrogen (secondary N) is 1. The van der Waals surface area contributed by atoms with Crippen LogP contribution in [-0.2, 0) is 6.42 Å². The van der Waals surface area contributed by atoms with Gasteiger partial charge in [-0.15, -0.1) is 0 Å². The van der Waals surface area contributed by atoms with E-state index >= 15 is 0 Å². The zero-order chi connectivity index (χ0) is 13.8. The monoisotopic (exact) mass is 326 g/mol. The third-order valence-corrected chi connectivity index (χ3v) is 3.24. The number of hydrogen-bond donors (Lipinski definition) is 2. The number of hydrogen-bond acceptors (Lipinski definition) is 2. The van der Waals surface area contributed by atoms with Gasteiger partial charge in [0.25, 0.3) is 0 Å². The first-order valence-corrected chi connectivity index (χ1v) is 6.59. The van der Waals surface area contributed by atoms with E-state index in [4.69, 9.17) is 5.73 Å². The van der Waals surface area contributed by atoms with Gasteiger partial charge in [-0.3, -0.25) is 0 Å². The molecule has 0 fully saturated rings. The highest BCUT2D eigenvalue weighted by molar-refractivity contribution is 9.10. The van der Waals surface area contributed by atoms with Crippen LogP contribution in [0, 0.1) is 11.6 Å². The number of halogens is 3. The highest BCUT2D eigenvalue weighted by atomic mass is 79.9. The van der Waals surface area contributed by atoms with Gasteiger partial charge in [-0.1, -0.05) is 22.0 Å². The summed E-state index contributed by atoms with van der Waals surface area (Å²) < 4.78 is 27.8. The second-order valence-electron chi connectivity index (χ2n) is 4.12. The fourth-order valence-corrected chi connectivity index (χ4v) is 2.19. The van der Waals surface area contributed by atoms with E-state index in [0.29, 0.717) is 24.2 Å². The zero-order valence-electron chi connectivity index (χ0n) is 10.1. The minimum absolute atomic E-state index is 0.262. The molecule has 0 atom stereocenters. The maximum Gasteiger partial charge on any atom is 0.148 e. The van der Waals surface area contributed by atoms with Gasteiger partial charge in [0, 0.05) is 11.0 Å². The molecule has 0 radical (unpaired) electrons. The van der Waals surface area contributed by atoms with Crippen molar-refractivity contribution in [1.82, 2.24) is 0 Å². The van der Waals surface area contributed by atoms with Crippen molar-refractivity contribution in [3.8, 4) is 0 Å². The van der Waals surface area contributed by atoms with E-state index in [1.165, 1.54) is 12.1 Å². The third kappa shape index (κ3) is 3.44. The van der Waals surface area contributed by atoms with Gasteiger partial charge in [-0.25, -0.2) is 8.78 Å². The Bertz CT molecular complexity index is 567. The first kappa shape index (κ1) is 13.8. The molecule has 0 aliphatic carbocycles. The largest absolute Gasteiger partial charge is 0.397 e. The molecule has 0 saturated heterocycles. The van der Waals surface area contributed by atoms with Gasteiger partial charge >= 0.3 is 0 Å². The Balaban J connectivity index is 2.02. The van der Waals surface area contributed by atoms with Gasteiger partial charge in [0.15, 0.2) is 0 Å². The van der Waals surface area contributed by atoms with Gasteiger partial charge in [0.2, 0.25) is 0 Å². The van der Waals surface area contributed by atoms with Crippen molar-refractivity contribution in [2.45, 2.75) is 6.42 Å². The normalized spacial score (nSPS) is 10.5. The number of benzene rings is 2. The van der Waals surface area contributed by atoms with Crippen LogP contribution in [0.25, 0.3) is 0 Å². The Labute approximate surface area is 118 Å². The van der Waals surface area contributed by atoms with Gasteiger partial charge in [-0.2, -0.15) is 0 Å². The molecule has 0 heterocycles. The summed E-state index contributed by atoms with van der Waals surface area (Å²) in [5.41, 5.74) is 6.84. The highest BCUT2D eigenvalue weighted by Gasteiger charge is 2.06. The van der Waals surface area contributed by atoms with Crippen LogP contribution in [0.3, 0.4) is 0 Å². The second kappa shape index (κ2) is 6.02. The first-order valence-electron chi connectivity index (χ1n) is 5.79. The third-order valence-electron chi connectivity index (χ3n) is 2.75. The molecule has 2 rings (SSSR count). The van der Waals surface area contributed by atoms with E-state index in [0.717, 1.165) is 4.47 Å².